The van der Waals surface area contributed by atoms with E-state index in [-0.39, 0.29) is 0 Å². The Morgan fingerprint density at radius 3 is 2.92 bits per heavy atom. The predicted molar refractivity (Wildman–Crippen MR) is 46.8 cm³/mol. The Morgan fingerprint density at radius 1 is 1.33 bits per heavy atom. The Balaban J connectivity index is 2.80. The number of hydrogen-bond donors (Lipinski definition) is 1. The third kappa shape index (κ3) is 0.823. The lowest BCUT2D eigenvalue weighted by Crippen LogP contribution is -2.04. The minimum atomic E-state index is 0.661. The summed E-state index contributed by atoms with van der Waals surface area (Å²) in [5.41, 5.74) is 1.60. The molecular weight excluding hydrogens is 150 g/mol. The lowest BCUT2D eigenvalue weighted by molar-refractivity contribution is 1.07. The summed E-state index contributed by atoms with van der Waals surface area (Å²) >= 11 is 0. The van der Waals surface area contributed by atoms with Crippen LogP contribution in [0, 0.1) is 11.3 Å². The Bertz CT molecular complexity index is 462. The van der Waals surface area contributed by atoms with Crippen LogP contribution in [0.2, 0.25) is 0 Å². The number of aromatic nitrogens is 1. The SMILES string of the molecule is N#Cc1ccc2c(ccn2N)c1. The quantitative estimate of drug-likeness (QED) is 0.584. The highest BCUT2D eigenvalue weighted by Crippen LogP contribution is 2.14. The molecule has 0 atom stereocenters. The smallest absolute Gasteiger partial charge is 0.0991 e. The average molecular weight is 157 g/mol. The van der Waals surface area contributed by atoms with Crippen molar-refractivity contribution in [3.8, 4) is 6.07 Å². The van der Waals surface area contributed by atoms with Crippen molar-refractivity contribution in [1.82, 2.24) is 4.68 Å². The molecule has 0 bridgehead atoms. The van der Waals surface area contributed by atoms with Crippen molar-refractivity contribution in [2.45, 2.75) is 0 Å². The maximum Gasteiger partial charge on any atom is 0.0991 e. The van der Waals surface area contributed by atoms with Crippen LogP contribution in [0.4, 0.5) is 0 Å². The van der Waals surface area contributed by atoms with E-state index in [1.165, 1.54) is 4.68 Å². The van der Waals surface area contributed by atoms with E-state index in [9.17, 15) is 0 Å². The minimum absolute atomic E-state index is 0.661. The molecule has 1 aromatic carbocycles. The monoisotopic (exact) mass is 157 g/mol. The molecule has 12 heavy (non-hydrogen) atoms. The van der Waals surface area contributed by atoms with Crippen molar-refractivity contribution >= 4 is 10.9 Å². The van der Waals surface area contributed by atoms with Gasteiger partial charge in [-0.15, -0.1) is 0 Å². The highest BCUT2D eigenvalue weighted by Gasteiger charge is 1.98. The van der Waals surface area contributed by atoms with Gasteiger partial charge in [0.2, 0.25) is 0 Å². The van der Waals surface area contributed by atoms with Gasteiger partial charge in [-0.05, 0) is 24.3 Å². The lowest BCUT2D eigenvalue weighted by Gasteiger charge is -1.94. The van der Waals surface area contributed by atoms with Gasteiger partial charge in [0.1, 0.15) is 0 Å². The summed E-state index contributed by atoms with van der Waals surface area (Å²) in [6.45, 7) is 0. The molecule has 1 aromatic heterocycles. The molecule has 2 N–H and O–H groups in total. The standard InChI is InChI=1S/C9H7N3/c10-6-7-1-2-9-8(5-7)3-4-12(9)11/h1-5H,11H2. The molecule has 0 radical (unpaired) electrons. The van der Waals surface area contributed by atoms with Crippen LogP contribution in [0.5, 0.6) is 0 Å². The van der Waals surface area contributed by atoms with E-state index < -0.39 is 0 Å². The van der Waals surface area contributed by atoms with Crippen LogP contribution < -0.4 is 5.84 Å². The molecule has 1 heterocycles. The topological polar surface area (TPSA) is 54.7 Å². The molecule has 0 aliphatic carbocycles. The second kappa shape index (κ2) is 2.28. The normalized spacial score (nSPS) is 9.92. The van der Waals surface area contributed by atoms with Crippen molar-refractivity contribution < 1.29 is 0 Å². The second-order valence-electron chi connectivity index (χ2n) is 2.61. The van der Waals surface area contributed by atoms with Crippen LogP contribution in [-0.2, 0) is 0 Å². The Hall–Kier alpha value is -1.95. The van der Waals surface area contributed by atoms with Crippen molar-refractivity contribution in [1.29, 1.82) is 5.26 Å². The van der Waals surface area contributed by atoms with Gasteiger partial charge in [0.15, 0.2) is 0 Å². The van der Waals surface area contributed by atoms with Gasteiger partial charge in [0, 0.05) is 11.6 Å². The highest BCUT2D eigenvalue weighted by atomic mass is 15.3. The van der Waals surface area contributed by atoms with Crippen molar-refractivity contribution in [2.24, 2.45) is 0 Å². The maximum atomic E-state index is 8.62. The Labute approximate surface area is 69.6 Å². The van der Waals surface area contributed by atoms with E-state index in [1.807, 2.05) is 18.2 Å². The average Bonchev–Trinajstić information content (AvgIpc) is 2.47. The van der Waals surface area contributed by atoms with Crippen LogP contribution in [0.15, 0.2) is 30.5 Å². The fraction of sp³-hybridized carbons (Fsp3) is 0. The van der Waals surface area contributed by atoms with Gasteiger partial charge in [0.05, 0.1) is 17.1 Å². The first-order chi connectivity index (χ1) is 5.81. The highest BCUT2D eigenvalue weighted by molar-refractivity contribution is 5.81. The van der Waals surface area contributed by atoms with Crippen LogP contribution in [0.25, 0.3) is 10.9 Å². The fourth-order valence-electron chi connectivity index (χ4n) is 1.23. The van der Waals surface area contributed by atoms with E-state index >= 15 is 0 Å². The van der Waals surface area contributed by atoms with Crippen LogP contribution in [-0.4, -0.2) is 4.68 Å². The van der Waals surface area contributed by atoms with Crippen molar-refractivity contribution in [3.63, 3.8) is 0 Å². The summed E-state index contributed by atoms with van der Waals surface area (Å²) in [6.07, 6.45) is 1.77. The first-order valence-electron chi connectivity index (χ1n) is 3.57. The number of fused-ring (bicyclic) bond motifs is 1. The summed E-state index contributed by atoms with van der Waals surface area (Å²) in [7, 11) is 0. The fourth-order valence-corrected chi connectivity index (χ4v) is 1.23. The molecule has 0 unspecified atom stereocenters. The molecule has 0 fully saturated rings. The van der Waals surface area contributed by atoms with Crippen LogP contribution >= 0.6 is 0 Å². The van der Waals surface area contributed by atoms with E-state index in [2.05, 4.69) is 6.07 Å². The molecule has 3 nitrogen and oxygen atoms in total. The number of nitriles is 1. The first kappa shape index (κ1) is 6.74. The van der Waals surface area contributed by atoms with Gasteiger partial charge in [-0.3, -0.25) is 4.68 Å². The van der Waals surface area contributed by atoms with E-state index in [0.717, 1.165) is 10.9 Å². The molecule has 0 saturated carbocycles. The summed E-state index contributed by atoms with van der Waals surface area (Å²) in [5.74, 6) is 5.60. The largest absolute Gasteiger partial charge is 0.339 e. The van der Waals surface area contributed by atoms with E-state index in [4.69, 9.17) is 11.1 Å². The Morgan fingerprint density at radius 2 is 2.17 bits per heavy atom. The number of nitrogens with zero attached hydrogens (tertiary/aromatic N) is 2. The Kier molecular flexibility index (Phi) is 1.28. The molecule has 0 spiro atoms. The number of nitrogen functional groups attached to an aromatic ring is 1. The van der Waals surface area contributed by atoms with Crippen molar-refractivity contribution in [2.75, 3.05) is 5.84 Å². The zero-order valence-corrected chi connectivity index (χ0v) is 6.36. The summed E-state index contributed by atoms with van der Waals surface area (Å²) in [6, 6.07) is 9.38. The van der Waals surface area contributed by atoms with Crippen LogP contribution in [0.1, 0.15) is 5.56 Å². The van der Waals surface area contributed by atoms with E-state index in [1.54, 1.807) is 12.3 Å². The van der Waals surface area contributed by atoms with Gasteiger partial charge in [0.25, 0.3) is 0 Å². The zero-order valence-electron chi connectivity index (χ0n) is 6.36. The number of hydrogen-bond acceptors (Lipinski definition) is 2. The minimum Gasteiger partial charge on any atom is -0.339 e. The summed E-state index contributed by atoms with van der Waals surface area (Å²) in [5, 5.41) is 9.61. The summed E-state index contributed by atoms with van der Waals surface area (Å²) < 4.78 is 1.54. The number of nitrogens with two attached hydrogens (primary N) is 1. The van der Waals surface area contributed by atoms with Crippen LogP contribution in [0.3, 0.4) is 0 Å². The molecule has 58 valence electrons. The third-order valence-electron chi connectivity index (χ3n) is 1.85. The summed E-state index contributed by atoms with van der Waals surface area (Å²) in [4.78, 5) is 0. The lowest BCUT2D eigenvalue weighted by atomic mass is 10.2. The third-order valence-corrected chi connectivity index (χ3v) is 1.85. The van der Waals surface area contributed by atoms with Gasteiger partial charge in [-0.2, -0.15) is 5.26 Å². The number of rotatable bonds is 0. The maximum absolute atomic E-state index is 8.62. The van der Waals surface area contributed by atoms with Gasteiger partial charge < -0.3 is 5.84 Å². The molecule has 0 aliphatic rings. The van der Waals surface area contributed by atoms with E-state index in [0.29, 0.717) is 5.56 Å². The van der Waals surface area contributed by atoms with Crippen molar-refractivity contribution in [3.05, 3.63) is 36.0 Å². The zero-order chi connectivity index (χ0) is 8.55. The van der Waals surface area contributed by atoms with Gasteiger partial charge in [-0.25, -0.2) is 0 Å². The second-order valence-corrected chi connectivity index (χ2v) is 2.61. The molecule has 0 aliphatic heterocycles. The molecule has 0 amide bonds. The van der Waals surface area contributed by atoms with Gasteiger partial charge >= 0.3 is 0 Å². The molecular formula is C9H7N3. The molecule has 3 heteroatoms. The first-order valence-corrected chi connectivity index (χ1v) is 3.57. The molecule has 2 rings (SSSR count). The molecule has 0 saturated heterocycles. The predicted octanol–water partition coefficient (Wildman–Crippen LogP) is 1.23. The van der Waals surface area contributed by atoms with Gasteiger partial charge in [-0.1, -0.05) is 0 Å². The molecule has 2 aromatic rings. The number of benzene rings is 1.